The van der Waals surface area contributed by atoms with Gasteiger partial charge in [0, 0.05) is 38.4 Å². The molecule has 3 aromatic rings. The molecule has 130 valence electrons. The van der Waals surface area contributed by atoms with Gasteiger partial charge in [0.1, 0.15) is 12.1 Å². The minimum Gasteiger partial charge on any atom is -0.371 e. The quantitative estimate of drug-likeness (QED) is 0.788. The molecule has 0 unspecified atom stereocenters. The fourth-order valence-corrected chi connectivity index (χ4v) is 3.26. The van der Waals surface area contributed by atoms with Gasteiger partial charge in [-0.2, -0.15) is 5.10 Å². The highest BCUT2D eigenvalue weighted by molar-refractivity contribution is 5.85. The van der Waals surface area contributed by atoms with E-state index in [1.54, 1.807) is 16.9 Å². The predicted molar refractivity (Wildman–Crippen MR) is 91.5 cm³/mol. The smallest absolute Gasteiger partial charge is 0.163 e. The number of benzene rings is 1. The number of hydrogen-bond donors (Lipinski definition) is 1. The van der Waals surface area contributed by atoms with E-state index < -0.39 is 11.6 Å². The molecule has 6 nitrogen and oxygen atoms in total. The van der Waals surface area contributed by atoms with Gasteiger partial charge in [-0.05, 0) is 24.5 Å². The SMILES string of the molecule is Cn1ncc2c(NC[C@H]3CCN(c4ccc(F)c(F)c4)C3)ncnc21. The van der Waals surface area contributed by atoms with E-state index in [1.807, 2.05) is 7.05 Å². The second-order valence-electron chi connectivity index (χ2n) is 6.31. The summed E-state index contributed by atoms with van der Waals surface area (Å²) in [4.78, 5) is 10.6. The van der Waals surface area contributed by atoms with Crippen molar-refractivity contribution in [2.75, 3.05) is 29.9 Å². The van der Waals surface area contributed by atoms with Gasteiger partial charge in [0.15, 0.2) is 17.3 Å². The van der Waals surface area contributed by atoms with E-state index in [9.17, 15) is 8.78 Å². The van der Waals surface area contributed by atoms with E-state index in [0.717, 1.165) is 48.6 Å². The molecule has 1 N–H and O–H groups in total. The first-order chi connectivity index (χ1) is 12.1. The van der Waals surface area contributed by atoms with Crippen LogP contribution in [-0.2, 0) is 7.05 Å². The van der Waals surface area contributed by atoms with E-state index in [-0.39, 0.29) is 0 Å². The van der Waals surface area contributed by atoms with E-state index in [2.05, 4.69) is 25.3 Å². The van der Waals surface area contributed by atoms with Crippen LogP contribution in [0.3, 0.4) is 0 Å². The van der Waals surface area contributed by atoms with Gasteiger partial charge >= 0.3 is 0 Å². The lowest BCUT2D eigenvalue weighted by atomic mass is 10.1. The third kappa shape index (κ3) is 2.99. The van der Waals surface area contributed by atoms with Gasteiger partial charge in [-0.15, -0.1) is 0 Å². The lowest BCUT2D eigenvalue weighted by molar-refractivity contribution is 0.508. The summed E-state index contributed by atoms with van der Waals surface area (Å²) in [7, 11) is 1.84. The summed E-state index contributed by atoms with van der Waals surface area (Å²) in [6, 6.07) is 4.06. The maximum absolute atomic E-state index is 13.4. The fourth-order valence-electron chi connectivity index (χ4n) is 3.26. The highest BCUT2D eigenvalue weighted by Crippen LogP contribution is 2.26. The Morgan fingerprint density at radius 1 is 1.24 bits per heavy atom. The molecule has 0 spiro atoms. The molecule has 3 heterocycles. The minimum atomic E-state index is -0.814. The van der Waals surface area contributed by atoms with Crippen LogP contribution in [0.15, 0.2) is 30.7 Å². The molecule has 0 radical (unpaired) electrons. The molecule has 1 aliphatic rings. The van der Waals surface area contributed by atoms with Crippen LogP contribution < -0.4 is 10.2 Å². The lowest BCUT2D eigenvalue weighted by Crippen LogP contribution is -2.22. The second-order valence-corrected chi connectivity index (χ2v) is 6.31. The van der Waals surface area contributed by atoms with Crippen LogP contribution in [0.2, 0.25) is 0 Å². The van der Waals surface area contributed by atoms with Crippen LogP contribution >= 0.6 is 0 Å². The van der Waals surface area contributed by atoms with Gasteiger partial charge in [0.25, 0.3) is 0 Å². The minimum absolute atomic E-state index is 0.398. The van der Waals surface area contributed by atoms with Gasteiger partial charge in [-0.1, -0.05) is 0 Å². The molecule has 1 atom stereocenters. The Labute approximate surface area is 143 Å². The zero-order valence-corrected chi connectivity index (χ0v) is 13.8. The molecule has 0 aliphatic carbocycles. The molecule has 0 saturated carbocycles. The van der Waals surface area contributed by atoms with Crippen LogP contribution in [0.4, 0.5) is 20.3 Å². The largest absolute Gasteiger partial charge is 0.371 e. The van der Waals surface area contributed by atoms with Crippen molar-refractivity contribution in [2.45, 2.75) is 6.42 Å². The molecular weight excluding hydrogens is 326 g/mol. The van der Waals surface area contributed by atoms with Crippen LogP contribution in [0.5, 0.6) is 0 Å². The molecule has 25 heavy (non-hydrogen) atoms. The molecule has 1 fully saturated rings. The number of aryl methyl sites for hydroxylation is 1. The Balaban J connectivity index is 1.41. The number of nitrogens with zero attached hydrogens (tertiary/aromatic N) is 5. The molecule has 2 aromatic heterocycles. The van der Waals surface area contributed by atoms with Crippen molar-refractivity contribution in [1.82, 2.24) is 19.7 Å². The van der Waals surface area contributed by atoms with Gasteiger partial charge in [0.05, 0.1) is 11.6 Å². The summed E-state index contributed by atoms with van der Waals surface area (Å²) in [5, 5.41) is 8.46. The van der Waals surface area contributed by atoms with Crippen molar-refractivity contribution in [1.29, 1.82) is 0 Å². The second kappa shape index (κ2) is 6.27. The number of anilines is 2. The number of rotatable bonds is 4. The normalized spacial score (nSPS) is 17.4. The molecule has 8 heteroatoms. The molecule has 1 aromatic carbocycles. The topological polar surface area (TPSA) is 58.9 Å². The molecule has 4 rings (SSSR count). The number of nitrogens with one attached hydrogen (secondary N) is 1. The van der Waals surface area contributed by atoms with E-state index in [4.69, 9.17) is 0 Å². The molecule has 1 aliphatic heterocycles. The van der Waals surface area contributed by atoms with Crippen LogP contribution in [0.25, 0.3) is 11.0 Å². The van der Waals surface area contributed by atoms with E-state index >= 15 is 0 Å². The highest BCUT2D eigenvalue weighted by atomic mass is 19.2. The Morgan fingerprint density at radius 3 is 2.96 bits per heavy atom. The lowest BCUT2D eigenvalue weighted by Gasteiger charge is -2.19. The maximum atomic E-state index is 13.4. The summed E-state index contributed by atoms with van der Waals surface area (Å²) in [5.41, 5.74) is 1.51. The van der Waals surface area contributed by atoms with Crippen LogP contribution in [-0.4, -0.2) is 39.4 Å². The predicted octanol–water partition coefficient (Wildman–Crippen LogP) is 2.58. The Morgan fingerprint density at radius 2 is 2.12 bits per heavy atom. The third-order valence-electron chi connectivity index (χ3n) is 4.64. The van der Waals surface area contributed by atoms with Gasteiger partial charge in [0.2, 0.25) is 0 Å². The monoisotopic (exact) mass is 344 g/mol. The van der Waals surface area contributed by atoms with E-state index in [1.165, 1.54) is 18.5 Å². The summed E-state index contributed by atoms with van der Waals surface area (Å²) < 4.78 is 28.2. The summed E-state index contributed by atoms with van der Waals surface area (Å²) >= 11 is 0. The van der Waals surface area contributed by atoms with Crippen molar-refractivity contribution in [3.63, 3.8) is 0 Å². The fraction of sp³-hybridized carbons (Fsp3) is 0.353. The number of hydrogen-bond acceptors (Lipinski definition) is 5. The Hall–Kier alpha value is -2.77. The Bertz CT molecular complexity index is 909. The van der Waals surface area contributed by atoms with Gasteiger partial charge in [-0.25, -0.2) is 18.7 Å². The number of halogens is 2. The molecule has 0 bridgehead atoms. The summed E-state index contributed by atoms with van der Waals surface area (Å²) in [6.45, 7) is 2.37. The molecule has 1 saturated heterocycles. The van der Waals surface area contributed by atoms with Gasteiger partial charge < -0.3 is 10.2 Å². The molecular formula is C17H18F2N6. The van der Waals surface area contributed by atoms with E-state index in [0.29, 0.717) is 5.92 Å². The summed E-state index contributed by atoms with van der Waals surface area (Å²) in [5.74, 6) is -0.455. The van der Waals surface area contributed by atoms with Crippen molar-refractivity contribution >= 4 is 22.5 Å². The van der Waals surface area contributed by atoms with Crippen LogP contribution in [0.1, 0.15) is 6.42 Å². The standard InChI is InChI=1S/C17H18F2N6/c1-24-17-13(8-23-24)16(21-10-22-17)20-7-11-4-5-25(9-11)12-2-3-14(18)15(19)6-12/h2-3,6,8,10-11H,4-5,7,9H2,1H3,(H,20,21,22)/t11-/m1/s1. The Kier molecular flexibility index (Phi) is 3.95. The van der Waals surface area contributed by atoms with Crippen molar-refractivity contribution in [2.24, 2.45) is 13.0 Å². The zero-order valence-electron chi connectivity index (χ0n) is 13.8. The maximum Gasteiger partial charge on any atom is 0.163 e. The van der Waals surface area contributed by atoms with Crippen molar-refractivity contribution in [3.8, 4) is 0 Å². The zero-order chi connectivity index (χ0) is 17.4. The summed E-state index contributed by atoms with van der Waals surface area (Å²) in [6.07, 6.45) is 4.25. The first-order valence-corrected chi connectivity index (χ1v) is 8.18. The van der Waals surface area contributed by atoms with Gasteiger partial charge in [-0.3, -0.25) is 4.68 Å². The highest BCUT2D eigenvalue weighted by Gasteiger charge is 2.23. The number of aromatic nitrogens is 4. The first kappa shape index (κ1) is 15.7. The molecule has 0 amide bonds. The first-order valence-electron chi connectivity index (χ1n) is 8.18. The average Bonchev–Trinajstić information content (AvgIpc) is 3.23. The number of fused-ring (bicyclic) bond motifs is 1. The third-order valence-corrected chi connectivity index (χ3v) is 4.64. The van der Waals surface area contributed by atoms with Crippen molar-refractivity contribution in [3.05, 3.63) is 42.4 Å². The van der Waals surface area contributed by atoms with Crippen molar-refractivity contribution < 1.29 is 8.78 Å². The van der Waals surface area contributed by atoms with Crippen LogP contribution in [0, 0.1) is 17.6 Å². The average molecular weight is 344 g/mol.